The van der Waals surface area contributed by atoms with Crippen LogP contribution in [-0.2, 0) is 0 Å². The van der Waals surface area contributed by atoms with Crippen LogP contribution in [0.25, 0.3) is 0 Å². The van der Waals surface area contributed by atoms with Crippen molar-refractivity contribution in [1.29, 1.82) is 0 Å². The van der Waals surface area contributed by atoms with Gasteiger partial charge in [0.1, 0.15) is 11.5 Å². The third-order valence-corrected chi connectivity index (χ3v) is 2.12. The van der Waals surface area contributed by atoms with Crippen molar-refractivity contribution in [2.75, 3.05) is 0 Å². The van der Waals surface area contributed by atoms with Gasteiger partial charge in [0.2, 0.25) is 0 Å². The molecule has 0 aliphatic carbocycles. The maximum absolute atomic E-state index is 9.88. The number of rotatable bonds is 2. The second-order valence-electron chi connectivity index (χ2n) is 5.06. The van der Waals surface area contributed by atoms with Crippen molar-refractivity contribution in [2.24, 2.45) is 5.41 Å². The van der Waals surface area contributed by atoms with Crippen molar-refractivity contribution < 1.29 is 15.3 Å². The molecule has 84 valence electrons. The normalized spacial score (nSPS) is 13.9. The van der Waals surface area contributed by atoms with Gasteiger partial charge in [-0.05, 0) is 29.5 Å². The Morgan fingerprint density at radius 2 is 1.53 bits per heavy atom. The maximum atomic E-state index is 9.88. The van der Waals surface area contributed by atoms with Crippen LogP contribution in [0.15, 0.2) is 18.2 Å². The topological polar surface area (TPSA) is 60.7 Å². The second kappa shape index (κ2) is 4.11. The molecule has 0 amide bonds. The van der Waals surface area contributed by atoms with Gasteiger partial charge in [0.05, 0.1) is 6.10 Å². The molecule has 15 heavy (non-hydrogen) atoms. The average Bonchev–Trinajstić information content (AvgIpc) is 1.98. The van der Waals surface area contributed by atoms with E-state index in [9.17, 15) is 15.3 Å². The third-order valence-electron chi connectivity index (χ3n) is 2.12. The molecule has 1 unspecified atom stereocenters. The Balaban J connectivity index is 2.86. The predicted molar refractivity (Wildman–Crippen MR) is 58.8 cm³/mol. The quantitative estimate of drug-likeness (QED) is 0.703. The van der Waals surface area contributed by atoms with E-state index in [1.165, 1.54) is 18.2 Å². The second-order valence-corrected chi connectivity index (χ2v) is 5.06. The first-order chi connectivity index (χ1) is 6.78. The van der Waals surface area contributed by atoms with E-state index in [1.807, 2.05) is 20.8 Å². The van der Waals surface area contributed by atoms with Gasteiger partial charge in [0.15, 0.2) is 0 Å². The van der Waals surface area contributed by atoms with Crippen molar-refractivity contribution in [3.05, 3.63) is 23.8 Å². The summed E-state index contributed by atoms with van der Waals surface area (Å²) >= 11 is 0. The summed E-state index contributed by atoms with van der Waals surface area (Å²) in [4.78, 5) is 0. The summed E-state index contributed by atoms with van der Waals surface area (Å²) in [5.74, 6) is -0.0593. The van der Waals surface area contributed by atoms with Gasteiger partial charge in [-0.3, -0.25) is 0 Å². The molecule has 1 rings (SSSR count). The summed E-state index contributed by atoms with van der Waals surface area (Å²) in [6.07, 6.45) is -0.0846. The molecule has 1 atom stereocenters. The van der Waals surface area contributed by atoms with Crippen LogP contribution in [0.4, 0.5) is 0 Å². The smallest absolute Gasteiger partial charge is 0.119 e. The van der Waals surface area contributed by atoms with Crippen LogP contribution in [-0.4, -0.2) is 15.3 Å². The zero-order valence-electron chi connectivity index (χ0n) is 9.36. The Labute approximate surface area is 90.0 Å². The zero-order chi connectivity index (χ0) is 11.6. The van der Waals surface area contributed by atoms with Gasteiger partial charge in [-0.25, -0.2) is 0 Å². The minimum atomic E-state index is -0.664. The van der Waals surface area contributed by atoms with E-state index in [0.717, 1.165) is 0 Å². The molecule has 1 aromatic rings. The highest BCUT2D eigenvalue weighted by Crippen LogP contribution is 2.32. The molecule has 3 heteroatoms. The number of aliphatic hydroxyl groups excluding tert-OH is 1. The Bertz CT molecular complexity index is 319. The van der Waals surface area contributed by atoms with Crippen LogP contribution in [0.5, 0.6) is 11.5 Å². The number of hydrogen-bond acceptors (Lipinski definition) is 3. The molecule has 3 N–H and O–H groups in total. The highest BCUT2D eigenvalue weighted by atomic mass is 16.3. The van der Waals surface area contributed by atoms with Crippen molar-refractivity contribution in [3.63, 3.8) is 0 Å². The van der Waals surface area contributed by atoms with Gasteiger partial charge in [-0.15, -0.1) is 0 Å². The minimum Gasteiger partial charge on any atom is -0.508 e. The van der Waals surface area contributed by atoms with E-state index < -0.39 is 6.10 Å². The number of phenolic OH excluding ortho intramolecular Hbond substituents is 2. The molecule has 0 saturated heterocycles. The Kier molecular flexibility index (Phi) is 3.25. The van der Waals surface area contributed by atoms with Crippen molar-refractivity contribution in [1.82, 2.24) is 0 Å². The fourth-order valence-electron chi connectivity index (χ4n) is 1.51. The van der Waals surface area contributed by atoms with Crippen molar-refractivity contribution in [2.45, 2.75) is 33.3 Å². The Morgan fingerprint density at radius 3 is 1.93 bits per heavy atom. The van der Waals surface area contributed by atoms with Gasteiger partial charge in [0, 0.05) is 6.07 Å². The summed E-state index contributed by atoms with van der Waals surface area (Å²) in [6, 6.07) is 4.18. The SMILES string of the molecule is CC(C)(C)CC(O)c1cc(O)cc(O)c1. The molecule has 3 nitrogen and oxygen atoms in total. The van der Waals surface area contributed by atoms with Crippen LogP contribution >= 0.6 is 0 Å². The van der Waals surface area contributed by atoms with E-state index in [-0.39, 0.29) is 16.9 Å². The average molecular weight is 210 g/mol. The molecule has 0 aliphatic heterocycles. The van der Waals surface area contributed by atoms with Gasteiger partial charge in [-0.1, -0.05) is 20.8 Å². The lowest BCUT2D eigenvalue weighted by atomic mass is 9.87. The molecule has 0 radical (unpaired) electrons. The molecule has 0 saturated carbocycles. The molecule has 0 aromatic heterocycles. The molecule has 0 spiro atoms. The van der Waals surface area contributed by atoms with Crippen molar-refractivity contribution in [3.8, 4) is 11.5 Å². The molecular weight excluding hydrogens is 192 g/mol. The van der Waals surface area contributed by atoms with Crippen LogP contribution in [0.3, 0.4) is 0 Å². The fraction of sp³-hybridized carbons (Fsp3) is 0.500. The van der Waals surface area contributed by atoms with E-state index in [2.05, 4.69) is 0 Å². The largest absolute Gasteiger partial charge is 0.508 e. The monoisotopic (exact) mass is 210 g/mol. The third kappa shape index (κ3) is 3.80. The lowest BCUT2D eigenvalue weighted by molar-refractivity contribution is 0.122. The lowest BCUT2D eigenvalue weighted by Crippen LogP contribution is -2.11. The summed E-state index contributed by atoms with van der Waals surface area (Å²) in [7, 11) is 0. The standard InChI is InChI=1S/C12H18O3/c1-12(2,3)7-11(15)8-4-9(13)6-10(14)5-8/h4-6,11,13-15H,7H2,1-3H3. The van der Waals surface area contributed by atoms with Gasteiger partial charge in [0.25, 0.3) is 0 Å². The first-order valence-corrected chi connectivity index (χ1v) is 4.99. The van der Waals surface area contributed by atoms with Crippen molar-refractivity contribution >= 4 is 0 Å². The van der Waals surface area contributed by atoms with Gasteiger partial charge in [-0.2, -0.15) is 0 Å². The first kappa shape index (κ1) is 11.9. The van der Waals surface area contributed by atoms with Crippen LogP contribution in [0, 0.1) is 5.41 Å². The van der Waals surface area contributed by atoms with Crippen LogP contribution in [0.2, 0.25) is 0 Å². The number of phenols is 2. The van der Waals surface area contributed by atoms with E-state index in [1.54, 1.807) is 0 Å². The molecule has 0 heterocycles. The molecule has 0 aliphatic rings. The lowest BCUT2D eigenvalue weighted by Gasteiger charge is -2.22. The maximum Gasteiger partial charge on any atom is 0.119 e. The summed E-state index contributed by atoms with van der Waals surface area (Å²) in [5.41, 5.74) is 0.544. The van der Waals surface area contributed by atoms with E-state index in [4.69, 9.17) is 0 Å². The molecule has 0 fully saturated rings. The molecule has 0 bridgehead atoms. The summed E-state index contributed by atoms with van der Waals surface area (Å²) < 4.78 is 0. The van der Waals surface area contributed by atoms with Gasteiger partial charge < -0.3 is 15.3 Å². The zero-order valence-corrected chi connectivity index (χ0v) is 9.36. The van der Waals surface area contributed by atoms with Crippen LogP contribution in [0.1, 0.15) is 38.9 Å². The van der Waals surface area contributed by atoms with E-state index >= 15 is 0 Å². The number of hydrogen-bond donors (Lipinski definition) is 3. The highest BCUT2D eigenvalue weighted by molar-refractivity contribution is 5.37. The number of benzene rings is 1. The Hall–Kier alpha value is -1.22. The number of aliphatic hydroxyl groups is 1. The van der Waals surface area contributed by atoms with Crippen LogP contribution < -0.4 is 0 Å². The molecule has 1 aromatic carbocycles. The molecular formula is C12H18O3. The fourth-order valence-corrected chi connectivity index (χ4v) is 1.51. The minimum absolute atomic E-state index is 0.000492. The Morgan fingerprint density at radius 1 is 1.07 bits per heavy atom. The highest BCUT2D eigenvalue weighted by Gasteiger charge is 2.18. The van der Waals surface area contributed by atoms with Gasteiger partial charge >= 0.3 is 0 Å². The number of aromatic hydroxyl groups is 2. The first-order valence-electron chi connectivity index (χ1n) is 4.99. The predicted octanol–water partition coefficient (Wildman–Crippen LogP) is 2.57. The van der Waals surface area contributed by atoms with E-state index in [0.29, 0.717) is 12.0 Å². The summed E-state index contributed by atoms with van der Waals surface area (Å²) in [6.45, 7) is 6.08. The summed E-state index contributed by atoms with van der Waals surface area (Å²) in [5, 5.41) is 28.4.